The van der Waals surface area contributed by atoms with Crippen LogP contribution in [0.1, 0.15) is 5.56 Å². The van der Waals surface area contributed by atoms with Crippen LogP contribution in [-0.4, -0.2) is 15.2 Å². The van der Waals surface area contributed by atoms with Crippen molar-refractivity contribution in [1.82, 2.24) is 4.98 Å². The van der Waals surface area contributed by atoms with Crippen LogP contribution in [0.15, 0.2) is 53.7 Å². The van der Waals surface area contributed by atoms with E-state index in [1.807, 2.05) is 18.2 Å². The van der Waals surface area contributed by atoms with E-state index in [1.165, 1.54) is 16.7 Å². The average Bonchev–Trinajstić information content (AvgIpc) is 2.76. The highest BCUT2D eigenvalue weighted by Crippen LogP contribution is 2.36. The molecule has 0 aliphatic carbocycles. The highest BCUT2D eigenvalue weighted by Gasteiger charge is 2.33. The number of benzene rings is 1. The lowest BCUT2D eigenvalue weighted by atomic mass is 10.2. The van der Waals surface area contributed by atoms with Gasteiger partial charge in [-0.3, -0.25) is 14.7 Å². The van der Waals surface area contributed by atoms with Gasteiger partial charge in [-0.2, -0.15) is 0 Å². The van der Waals surface area contributed by atoms with E-state index in [0.717, 1.165) is 11.3 Å². The molecule has 0 bridgehead atoms. The highest BCUT2D eigenvalue weighted by molar-refractivity contribution is 8.27. The van der Waals surface area contributed by atoms with Crippen LogP contribution in [0.3, 0.4) is 0 Å². The van der Waals surface area contributed by atoms with Gasteiger partial charge >= 0.3 is 0 Å². The lowest BCUT2D eigenvalue weighted by Gasteiger charge is -2.14. The van der Waals surface area contributed by atoms with Gasteiger partial charge in [0.1, 0.15) is 0 Å². The van der Waals surface area contributed by atoms with Crippen LogP contribution >= 0.6 is 35.6 Å². The number of nitrogens with zero attached hydrogens (tertiary/aromatic N) is 2. The molecule has 1 saturated heterocycles. The molecule has 1 amide bonds. The molecule has 2 heterocycles. The highest BCUT2D eigenvalue weighted by atomic mass is 35.5. The van der Waals surface area contributed by atoms with Crippen molar-refractivity contribution in [2.75, 3.05) is 4.90 Å². The largest absolute Gasteiger partial charge is 0.270 e. The second-order valence-electron chi connectivity index (χ2n) is 4.27. The molecule has 104 valence electrons. The van der Waals surface area contributed by atoms with E-state index in [-0.39, 0.29) is 5.91 Å². The van der Waals surface area contributed by atoms with Crippen molar-refractivity contribution in [2.45, 2.75) is 0 Å². The second-order valence-corrected chi connectivity index (χ2v) is 6.39. The summed E-state index contributed by atoms with van der Waals surface area (Å²) in [6.45, 7) is 0. The van der Waals surface area contributed by atoms with Gasteiger partial charge in [-0.25, -0.2) is 0 Å². The number of halogens is 1. The normalized spacial score (nSPS) is 16.8. The Hall–Kier alpha value is -1.69. The molecule has 21 heavy (non-hydrogen) atoms. The van der Waals surface area contributed by atoms with Crippen molar-refractivity contribution >= 4 is 57.6 Å². The molecule has 3 nitrogen and oxygen atoms in total. The fourth-order valence-corrected chi connectivity index (χ4v) is 3.32. The number of hydrogen-bond acceptors (Lipinski definition) is 4. The summed E-state index contributed by atoms with van der Waals surface area (Å²) >= 11 is 12.5. The van der Waals surface area contributed by atoms with Crippen molar-refractivity contribution in [3.05, 3.63) is 64.3 Å². The van der Waals surface area contributed by atoms with Crippen molar-refractivity contribution in [3.8, 4) is 0 Å². The van der Waals surface area contributed by atoms with Crippen molar-refractivity contribution in [2.24, 2.45) is 0 Å². The number of thiocarbonyl (C=S) groups is 1. The first-order valence-electron chi connectivity index (χ1n) is 6.09. The fourth-order valence-electron chi connectivity index (χ4n) is 1.89. The smallest absolute Gasteiger partial charge is 0.268 e. The lowest BCUT2D eigenvalue weighted by Crippen LogP contribution is -2.27. The topological polar surface area (TPSA) is 33.2 Å². The van der Waals surface area contributed by atoms with Crippen molar-refractivity contribution in [3.63, 3.8) is 0 Å². The Bertz CT molecular complexity index is 729. The van der Waals surface area contributed by atoms with Crippen LogP contribution in [-0.2, 0) is 4.79 Å². The van der Waals surface area contributed by atoms with Gasteiger partial charge in [-0.1, -0.05) is 35.6 Å². The number of rotatable bonds is 2. The number of carbonyl (C=O) groups excluding carboxylic acids is 1. The minimum absolute atomic E-state index is 0.121. The number of anilines is 1. The fraction of sp³-hybridized carbons (Fsp3) is 0. The summed E-state index contributed by atoms with van der Waals surface area (Å²) in [7, 11) is 0. The van der Waals surface area contributed by atoms with Gasteiger partial charge in [0.2, 0.25) is 0 Å². The van der Waals surface area contributed by atoms with E-state index in [4.69, 9.17) is 23.8 Å². The molecule has 6 heteroatoms. The van der Waals surface area contributed by atoms with Gasteiger partial charge in [0.05, 0.1) is 10.6 Å². The molecule has 0 atom stereocenters. The molecule has 1 aliphatic heterocycles. The number of aromatic nitrogens is 1. The first-order valence-corrected chi connectivity index (χ1v) is 7.69. The molecule has 0 unspecified atom stereocenters. The summed E-state index contributed by atoms with van der Waals surface area (Å²) in [4.78, 5) is 18.6. The van der Waals surface area contributed by atoms with Gasteiger partial charge in [-0.05, 0) is 48.0 Å². The standard InChI is InChI=1S/C15H9ClN2OS2/c16-11-1-3-12(4-2-11)18-14(19)13(21-15(18)20)9-10-5-7-17-8-6-10/h1-9H/b13-9+. The Morgan fingerprint density at radius 1 is 1.14 bits per heavy atom. The maximum Gasteiger partial charge on any atom is 0.270 e. The van der Waals surface area contributed by atoms with E-state index in [1.54, 1.807) is 36.7 Å². The molecule has 1 fully saturated rings. The summed E-state index contributed by atoms with van der Waals surface area (Å²) in [5, 5.41) is 0.622. The Morgan fingerprint density at radius 3 is 2.48 bits per heavy atom. The maximum atomic E-state index is 12.5. The third-order valence-electron chi connectivity index (χ3n) is 2.88. The Kier molecular flexibility index (Phi) is 4.05. The molecule has 1 aliphatic rings. The van der Waals surface area contributed by atoms with Gasteiger partial charge in [0, 0.05) is 17.4 Å². The molecule has 2 aromatic rings. The first-order chi connectivity index (χ1) is 10.1. The van der Waals surface area contributed by atoms with Crippen LogP contribution in [0.25, 0.3) is 6.08 Å². The summed E-state index contributed by atoms with van der Waals surface area (Å²) in [5.74, 6) is -0.121. The lowest BCUT2D eigenvalue weighted by molar-refractivity contribution is -0.113. The average molecular weight is 333 g/mol. The number of carbonyl (C=O) groups is 1. The van der Waals surface area contributed by atoms with Gasteiger partial charge in [0.25, 0.3) is 5.91 Å². The first kappa shape index (κ1) is 14.3. The molecular weight excluding hydrogens is 324 g/mol. The zero-order valence-corrected chi connectivity index (χ0v) is 13.1. The van der Waals surface area contributed by atoms with Crippen LogP contribution < -0.4 is 4.90 Å². The molecule has 0 saturated carbocycles. The zero-order chi connectivity index (χ0) is 14.8. The molecule has 1 aromatic carbocycles. The molecule has 0 N–H and O–H groups in total. The number of hydrogen-bond donors (Lipinski definition) is 0. The van der Waals surface area contributed by atoms with Gasteiger partial charge in [-0.15, -0.1) is 0 Å². The number of amides is 1. The third kappa shape index (κ3) is 3.00. The molecule has 0 spiro atoms. The second kappa shape index (κ2) is 5.97. The van der Waals surface area contributed by atoms with Gasteiger partial charge < -0.3 is 0 Å². The SMILES string of the molecule is O=C1/C(=C\c2ccncc2)SC(=S)N1c1ccc(Cl)cc1. The number of thioether (sulfide) groups is 1. The predicted octanol–water partition coefficient (Wildman–Crippen LogP) is 4.14. The number of pyridine rings is 1. The molecule has 1 aromatic heterocycles. The Balaban J connectivity index is 1.92. The summed E-state index contributed by atoms with van der Waals surface area (Å²) < 4.78 is 0.516. The Morgan fingerprint density at radius 2 is 1.81 bits per heavy atom. The van der Waals surface area contributed by atoms with Crippen LogP contribution in [0.2, 0.25) is 5.02 Å². The minimum atomic E-state index is -0.121. The quantitative estimate of drug-likeness (QED) is 0.611. The molecule has 3 rings (SSSR count). The van der Waals surface area contributed by atoms with E-state index >= 15 is 0 Å². The van der Waals surface area contributed by atoms with E-state index in [9.17, 15) is 4.79 Å². The summed E-state index contributed by atoms with van der Waals surface area (Å²) in [6.07, 6.45) is 5.19. The van der Waals surface area contributed by atoms with Crippen LogP contribution in [0.5, 0.6) is 0 Å². The molecular formula is C15H9ClN2OS2. The predicted molar refractivity (Wildman–Crippen MR) is 91.3 cm³/mol. The monoisotopic (exact) mass is 332 g/mol. The summed E-state index contributed by atoms with van der Waals surface area (Å²) in [5.41, 5.74) is 1.64. The maximum absolute atomic E-state index is 12.5. The van der Waals surface area contributed by atoms with Crippen LogP contribution in [0, 0.1) is 0 Å². The van der Waals surface area contributed by atoms with Crippen molar-refractivity contribution in [1.29, 1.82) is 0 Å². The third-order valence-corrected chi connectivity index (χ3v) is 4.44. The van der Waals surface area contributed by atoms with Gasteiger partial charge in [0.15, 0.2) is 4.32 Å². The zero-order valence-electron chi connectivity index (χ0n) is 10.7. The van der Waals surface area contributed by atoms with E-state index < -0.39 is 0 Å². The van der Waals surface area contributed by atoms with Crippen molar-refractivity contribution < 1.29 is 4.79 Å². The molecule has 0 radical (unpaired) electrons. The van der Waals surface area contributed by atoms with Crippen LogP contribution in [0.4, 0.5) is 5.69 Å². The van der Waals surface area contributed by atoms with E-state index in [2.05, 4.69) is 4.98 Å². The minimum Gasteiger partial charge on any atom is -0.268 e. The Labute approximate surface area is 136 Å². The van der Waals surface area contributed by atoms with E-state index in [0.29, 0.717) is 14.2 Å². The summed E-state index contributed by atoms with van der Waals surface area (Å²) in [6, 6.07) is 10.7.